The SMILES string of the molecule is CC(C)NC(=O)c1ccccc1NC(=O)CN(c1ccc(F)cc1)S(=O)(=O)c1ccc(F)cc1. The summed E-state index contributed by atoms with van der Waals surface area (Å²) in [5.41, 5.74) is 0.440. The third kappa shape index (κ3) is 5.96. The summed E-state index contributed by atoms with van der Waals surface area (Å²) in [5, 5.41) is 5.30. The summed E-state index contributed by atoms with van der Waals surface area (Å²) in [7, 11) is -4.31. The molecule has 0 saturated heterocycles. The van der Waals surface area contributed by atoms with Gasteiger partial charge in [-0.3, -0.25) is 13.9 Å². The smallest absolute Gasteiger partial charge is 0.264 e. The molecule has 3 aromatic rings. The Balaban J connectivity index is 1.92. The van der Waals surface area contributed by atoms with Gasteiger partial charge in [-0.1, -0.05) is 12.1 Å². The minimum Gasteiger partial charge on any atom is -0.350 e. The molecule has 2 N–H and O–H groups in total. The van der Waals surface area contributed by atoms with E-state index in [1.165, 1.54) is 24.3 Å². The van der Waals surface area contributed by atoms with E-state index in [1.807, 2.05) is 0 Å². The summed E-state index contributed by atoms with van der Waals surface area (Å²) in [6.45, 7) is 2.91. The van der Waals surface area contributed by atoms with Gasteiger partial charge in [0, 0.05) is 6.04 Å². The van der Waals surface area contributed by atoms with Gasteiger partial charge in [-0.05, 0) is 74.5 Å². The topological polar surface area (TPSA) is 95.6 Å². The number of carbonyl (C=O) groups is 2. The number of nitrogens with zero attached hydrogens (tertiary/aromatic N) is 1. The monoisotopic (exact) mass is 487 g/mol. The van der Waals surface area contributed by atoms with Gasteiger partial charge in [0.1, 0.15) is 18.2 Å². The molecule has 0 heterocycles. The van der Waals surface area contributed by atoms with Crippen LogP contribution in [-0.2, 0) is 14.8 Å². The maximum absolute atomic E-state index is 13.4. The van der Waals surface area contributed by atoms with Gasteiger partial charge in [0.2, 0.25) is 5.91 Å². The van der Waals surface area contributed by atoms with E-state index < -0.39 is 40.0 Å². The van der Waals surface area contributed by atoms with Crippen molar-refractivity contribution >= 4 is 33.2 Å². The van der Waals surface area contributed by atoms with Gasteiger partial charge in [-0.25, -0.2) is 17.2 Å². The lowest BCUT2D eigenvalue weighted by atomic mass is 10.1. The highest BCUT2D eigenvalue weighted by Gasteiger charge is 2.28. The van der Waals surface area contributed by atoms with Crippen LogP contribution < -0.4 is 14.9 Å². The van der Waals surface area contributed by atoms with Gasteiger partial charge in [0.05, 0.1) is 21.8 Å². The van der Waals surface area contributed by atoms with Crippen LogP contribution in [0.2, 0.25) is 0 Å². The van der Waals surface area contributed by atoms with Crippen LogP contribution in [0.3, 0.4) is 0 Å². The molecule has 7 nitrogen and oxygen atoms in total. The predicted molar refractivity (Wildman–Crippen MR) is 125 cm³/mol. The number of rotatable bonds is 8. The van der Waals surface area contributed by atoms with E-state index in [0.717, 1.165) is 40.7 Å². The van der Waals surface area contributed by atoms with Crippen molar-refractivity contribution in [1.82, 2.24) is 5.32 Å². The van der Waals surface area contributed by atoms with Gasteiger partial charge in [-0.15, -0.1) is 0 Å². The number of sulfonamides is 1. The van der Waals surface area contributed by atoms with Crippen molar-refractivity contribution < 1.29 is 26.8 Å². The van der Waals surface area contributed by atoms with E-state index in [4.69, 9.17) is 0 Å². The fourth-order valence-corrected chi connectivity index (χ4v) is 4.53. The zero-order chi connectivity index (χ0) is 24.9. The number of para-hydroxylation sites is 1. The van der Waals surface area contributed by atoms with Crippen molar-refractivity contribution in [3.63, 3.8) is 0 Å². The van der Waals surface area contributed by atoms with Crippen molar-refractivity contribution in [3.8, 4) is 0 Å². The molecule has 0 bridgehead atoms. The highest BCUT2D eigenvalue weighted by molar-refractivity contribution is 7.92. The van der Waals surface area contributed by atoms with Gasteiger partial charge in [-0.2, -0.15) is 0 Å². The molecular formula is C24H23F2N3O4S. The number of hydrogen-bond donors (Lipinski definition) is 2. The third-order valence-corrected chi connectivity index (χ3v) is 6.46. The molecular weight excluding hydrogens is 464 g/mol. The van der Waals surface area contributed by atoms with Crippen LogP contribution in [0.25, 0.3) is 0 Å². The van der Waals surface area contributed by atoms with Crippen LogP contribution in [0.1, 0.15) is 24.2 Å². The molecule has 178 valence electrons. The van der Waals surface area contributed by atoms with Crippen LogP contribution in [0, 0.1) is 11.6 Å². The maximum Gasteiger partial charge on any atom is 0.264 e. The van der Waals surface area contributed by atoms with Crippen molar-refractivity contribution in [2.45, 2.75) is 24.8 Å². The molecule has 0 aromatic heterocycles. The molecule has 0 spiro atoms. The Morgan fingerprint density at radius 3 is 2.03 bits per heavy atom. The second-order valence-corrected chi connectivity index (χ2v) is 9.53. The molecule has 0 atom stereocenters. The Kier molecular flexibility index (Phi) is 7.62. The zero-order valence-corrected chi connectivity index (χ0v) is 19.3. The number of nitrogens with one attached hydrogen (secondary N) is 2. The standard InChI is InChI=1S/C24H23F2N3O4S/c1-16(2)27-24(31)21-5-3-4-6-22(21)28-23(30)15-29(19-11-7-17(25)8-12-19)34(32,33)20-13-9-18(26)10-14-20/h3-14,16H,15H2,1-2H3,(H,27,31)(H,28,30). The van der Waals surface area contributed by atoms with Crippen LogP contribution in [-0.4, -0.2) is 32.8 Å². The molecule has 0 saturated carbocycles. The molecule has 0 aliphatic heterocycles. The Morgan fingerprint density at radius 2 is 1.44 bits per heavy atom. The molecule has 0 unspecified atom stereocenters. The summed E-state index contributed by atoms with van der Waals surface area (Å²) < 4.78 is 54.1. The summed E-state index contributed by atoms with van der Waals surface area (Å²) in [6.07, 6.45) is 0. The number of halogens is 2. The molecule has 0 fully saturated rings. The second kappa shape index (κ2) is 10.4. The second-order valence-electron chi connectivity index (χ2n) is 7.66. The van der Waals surface area contributed by atoms with Gasteiger partial charge >= 0.3 is 0 Å². The average Bonchev–Trinajstić information content (AvgIpc) is 2.78. The van der Waals surface area contributed by atoms with Gasteiger partial charge < -0.3 is 10.6 Å². The Labute approximate surface area is 196 Å². The first-order chi connectivity index (χ1) is 16.1. The summed E-state index contributed by atoms with van der Waals surface area (Å²) in [6, 6.07) is 14.8. The molecule has 2 amide bonds. The zero-order valence-electron chi connectivity index (χ0n) is 18.5. The minimum atomic E-state index is -4.31. The Morgan fingerprint density at radius 1 is 0.882 bits per heavy atom. The van der Waals surface area contributed by atoms with E-state index in [0.29, 0.717) is 0 Å². The summed E-state index contributed by atoms with van der Waals surface area (Å²) in [5.74, 6) is -2.35. The van der Waals surface area contributed by atoms with Crippen molar-refractivity contribution in [2.24, 2.45) is 0 Å². The molecule has 3 aromatic carbocycles. The van der Waals surface area contributed by atoms with Gasteiger partial charge in [0.15, 0.2) is 0 Å². The van der Waals surface area contributed by atoms with E-state index in [-0.39, 0.29) is 27.9 Å². The van der Waals surface area contributed by atoms with Crippen molar-refractivity contribution in [2.75, 3.05) is 16.2 Å². The lowest BCUT2D eigenvalue weighted by Crippen LogP contribution is -2.38. The molecule has 34 heavy (non-hydrogen) atoms. The summed E-state index contributed by atoms with van der Waals surface area (Å²) >= 11 is 0. The lowest BCUT2D eigenvalue weighted by Gasteiger charge is -2.24. The molecule has 10 heteroatoms. The van der Waals surface area contributed by atoms with E-state index in [1.54, 1.807) is 26.0 Å². The van der Waals surface area contributed by atoms with E-state index >= 15 is 0 Å². The van der Waals surface area contributed by atoms with Crippen LogP contribution in [0.4, 0.5) is 20.2 Å². The first-order valence-corrected chi connectivity index (χ1v) is 11.8. The molecule has 0 radical (unpaired) electrons. The largest absolute Gasteiger partial charge is 0.350 e. The van der Waals surface area contributed by atoms with Crippen LogP contribution >= 0.6 is 0 Å². The molecule has 3 rings (SSSR count). The first-order valence-electron chi connectivity index (χ1n) is 10.3. The summed E-state index contributed by atoms with van der Waals surface area (Å²) in [4.78, 5) is 25.1. The van der Waals surface area contributed by atoms with Crippen LogP contribution in [0.5, 0.6) is 0 Å². The molecule has 0 aliphatic carbocycles. The quantitative estimate of drug-likeness (QED) is 0.503. The Hall–Kier alpha value is -3.79. The fourth-order valence-electron chi connectivity index (χ4n) is 3.11. The highest BCUT2D eigenvalue weighted by Crippen LogP contribution is 2.25. The van der Waals surface area contributed by atoms with E-state index in [2.05, 4.69) is 10.6 Å². The lowest BCUT2D eigenvalue weighted by molar-refractivity contribution is -0.114. The van der Waals surface area contributed by atoms with Gasteiger partial charge in [0.25, 0.3) is 15.9 Å². The average molecular weight is 488 g/mol. The Bertz CT molecular complexity index is 1280. The first kappa shape index (κ1) is 24.8. The van der Waals surface area contributed by atoms with Crippen molar-refractivity contribution in [1.29, 1.82) is 0 Å². The van der Waals surface area contributed by atoms with E-state index in [9.17, 15) is 26.8 Å². The number of benzene rings is 3. The maximum atomic E-state index is 13.4. The third-order valence-electron chi connectivity index (χ3n) is 4.67. The highest BCUT2D eigenvalue weighted by atomic mass is 32.2. The number of hydrogen-bond acceptors (Lipinski definition) is 4. The van der Waals surface area contributed by atoms with Crippen molar-refractivity contribution in [3.05, 3.63) is 90.0 Å². The predicted octanol–water partition coefficient (Wildman–Crippen LogP) is 3.94. The normalized spacial score (nSPS) is 11.2. The number of carbonyl (C=O) groups excluding carboxylic acids is 2. The molecule has 0 aliphatic rings. The van der Waals surface area contributed by atoms with Crippen LogP contribution in [0.15, 0.2) is 77.7 Å². The number of amides is 2. The number of anilines is 2. The fraction of sp³-hybridized carbons (Fsp3) is 0.167. The minimum absolute atomic E-state index is 0.0340.